The monoisotopic (exact) mass is 321 g/mol. The van der Waals surface area contributed by atoms with Crippen molar-refractivity contribution < 1.29 is 9.84 Å². The van der Waals surface area contributed by atoms with Gasteiger partial charge >= 0.3 is 0 Å². The molecule has 0 radical (unpaired) electrons. The molecule has 0 aliphatic rings. The lowest BCUT2D eigenvalue weighted by Crippen LogP contribution is -2.07. The minimum Gasteiger partial charge on any atom is -0.394 e. The molecule has 0 aliphatic heterocycles. The summed E-state index contributed by atoms with van der Waals surface area (Å²) in [5.41, 5.74) is 3.07. The highest BCUT2D eigenvalue weighted by atomic mass is 32.1. The Morgan fingerprint density at radius 1 is 1.43 bits per heavy atom. The summed E-state index contributed by atoms with van der Waals surface area (Å²) in [5, 5.41) is 9.83. The molecule has 3 aromatic rings. The molecule has 3 aromatic heterocycles. The Labute approximate surface area is 130 Å². The summed E-state index contributed by atoms with van der Waals surface area (Å²) in [6.07, 6.45) is 1.69. The summed E-state index contributed by atoms with van der Waals surface area (Å²) in [7, 11) is 0. The van der Waals surface area contributed by atoms with E-state index in [2.05, 4.69) is 23.0 Å². The highest BCUT2D eigenvalue weighted by molar-refractivity contribution is 7.71. The Balaban J connectivity index is 2.18. The number of aliphatic hydroxyl groups excluding tert-OH is 1. The number of aromatic nitrogens is 3. The molecule has 0 saturated heterocycles. The van der Waals surface area contributed by atoms with Crippen LogP contribution < -0.4 is 0 Å². The largest absolute Gasteiger partial charge is 0.394 e. The van der Waals surface area contributed by atoms with Crippen molar-refractivity contribution >= 4 is 44.0 Å². The SMILES string of the molecule is Cc1cc(C)c2c(n1)sc1c(=S)n(COCCO)cnc12. The van der Waals surface area contributed by atoms with Gasteiger partial charge in [-0.1, -0.05) is 12.2 Å². The van der Waals surface area contributed by atoms with E-state index in [9.17, 15) is 0 Å². The van der Waals surface area contributed by atoms with Crippen molar-refractivity contribution in [1.29, 1.82) is 0 Å². The van der Waals surface area contributed by atoms with E-state index < -0.39 is 0 Å². The van der Waals surface area contributed by atoms with Crippen LogP contribution in [0.25, 0.3) is 20.4 Å². The molecule has 0 atom stereocenters. The zero-order chi connectivity index (χ0) is 15.0. The molecule has 0 amide bonds. The normalized spacial score (nSPS) is 11.6. The Morgan fingerprint density at radius 2 is 2.24 bits per heavy atom. The van der Waals surface area contributed by atoms with Crippen LogP contribution in [0.3, 0.4) is 0 Å². The minimum atomic E-state index is -0.00568. The molecule has 110 valence electrons. The van der Waals surface area contributed by atoms with Gasteiger partial charge in [-0.3, -0.25) is 4.57 Å². The maximum atomic E-state index is 8.75. The maximum Gasteiger partial charge on any atom is 0.128 e. The van der Waals surface area contributed by atoms with Crippen LogP contribution >= 0.6 is 23.6 Å². The molecular weight excluding hydrogens is 306 g/mol. The summed E-state index contributed by atoms with van der Waals surface area (Å²) >= 11 is 7.09. The van der Waals surface area contributed by atoms with E-state index in [0.29, 0.717) is 11.4 Å². The quantitative estimate of drug-likeness (QED) is 0.591. The number of ether oxygens (including phenoxy) is 1. The number of aryl methyl sites for hydroxylation is 2. The molecule has 0 aliphatic carbocycles. The van der Waals surface area contributed by atoms with Crippen LogP contribution in [0.15, 0.2) is 12.4 Å². The molecular formula is C14H15N3O2S2. The molecule has 5 nitrogen and oxygen atoms in total. The lowest BCUT2D eigenvalue weighted by molar-refractivity contribution is 0.0471. The fourth-order valence-corrected chi connectivity index (χ4v) is 3.84. The van der Waals surface area contributed by atoms with Crippen LogP contribution in [0.2, 0.25) is 0 Å². The van der Waals surface area contributed by atoms with Crippen LogP contribution in [0, 0.1) is 18.5 Å². The maximum absolute atomic E-state index is 8.75. The number of nitrogens with zero attached hydrogens (tertiary/aromatic N) is 3. The number of pyridine rings is 1. The van der Waals surface area contributed by atoms with E-state index >= 15 is 0 Å². The van der Waals surface area contributed by atoms with Crippen molar-refractivity contribution in [3.05, 3.63) is 28.3 Å². The van der Waals surface area contributed by atoms with Gasteiger partial charge in [0.25, 0.3) is 0 Å². The van der Waals surface area contributed by atoms with Crippen LogP contribution in [0.4, 0.5) is 0 Å². The summed E-state index contributed by atoms with van der Waals surface area (Å²) in [4.78, 5) is 10.1. The molecule has 1 N–H and O–H groups in total. The Bertz CT molecular complexity index is 870. The first-order valence-electron chi connectivity index (χ1n) is 6.56. The van der Waals surface area contributed by atoms with Gasteiger partial charge in [0, 0.05) is 11.1 Å². The van der Waals surface area contributed by atoms with E-state index in [4.69, 9.17) is 22.1 Å². The highest BCUT2D eigenvalue weighted by Crippen LogP contribution is 2.34. The first-order chi connectivity index (χ1) is 10.1. The predicted molar refractivity (Wildman–Crippen MR) is 86.3 cm³/mol. The van der Waals surface area contributed by atoms with Gasteiger partial charge in [-0.2, -0.15) is 0 Å². The third-order valence-electron chi connectivity index (χ3n) is 3.21. The van der Waals surface area contributed by atoms with Gasteiger partial charge in [-0.05, 0) is 25.5 Å². The number of aliphatic hydroxyl groups is 1. The van der Waals surface area contributed by atoms with Crippen molar-refractivity contribution in [2.75, 3.05) is 13.2 Å². The summed E-state index contributed by atoms with van der Waals surface area (Å²) < 4.78 is 8.73. The van der Waals surface area contributed by atoms with E-state index in [1.165, 1.54) is 5.56 Å². The molecule has 0 spiro atoms. The third kappa shape index (κ3) is 2.57. The Kier molecular flexibility index (Phi) is 3.99. The van der Waals surface area contributed by atoms with Crippen molar-refractivity contribution in [3.8, 4) is 0 Å². The predicted octanol–water partition coefficient (Wildman–Crippen LogP) is 2.96. The van der Waals surface area contributed by atoms with Gasteiger partial charge in [-0.25, -0.2) is 9.97 Å². The first-order valence-corrected chi connectivity index (χ1v) is 7.79. The van der Waals surface area contributed by atoms with Crippen molar-refractivity contribution in [1.82, 2.24) is 14.5 Å². The second-order valence-electron chi connectivity index (χ2n) is 4.82. The Hall–Kier alpha value is -1.41. The standard InChI is InChI=1S/C14H15N3O2S2/c1-8-5-9(2)16-13-10(8)11-12(21-13)14(20)17(6-15-11)7-19-4-3-18/h5-6,18H,3-4,7H2,1-2H3. The van der Waals surface area contributed by atoms with Gasteiger partial charge in [0.1, 0.15) is 16.2 Å². The van der Waals surface area contributed by atoms with Gasteiger partial charge in [-0.15, -0.1) is 11.3 Å². The fourth-order valence-electron chi connectivity index (χ4n) is 2.32. The topological polar surface area (TPSA) is 60.2 Å². The van der Waals surface area contributed by atoms with E-state index in [-0.39, 0.29) is 13.2 Å². The van der Waals surface area contributed by atoms with Gasteiger partial charge in [0.15, 0.2) is 0 Å². The fraction of sp³-hybridized carbons (Fsp3) is 0.357. The number of fused-ring (bicyclic) bond motifs is 3. The Morgan fingerprint density at radius 3 is 3.00 bits per heavy atom. The van der Waals surface area contributed by atoms with E-state index in [1.807, 2.05) is 6.92 Å². The highest BCUT2D eigenvalue weighted by Gasteiger charge is 2.13. The van der Waals surface area contributed by atoms with Crippen molar-refractivity contribution in [2.24, 2.45) is 0 Å². The molecule has 3 rings (SSSR count). The van der Waals surface area contributed by atoms with Crippen LogP contribution in [0.5, 0.6) is 0 Å². The third-order valence-corrected chi connectivity index (χ3v) is 4.86. The summed E-state index contributed by atoms with van der Waals surface area (Å²) in [5.74, 6) is 0. The van der Waals surface area contributed by atoms with Crippen molar-refractivity contribution in [3.63, 3.8) is 0 Å². The molecule has 7 heteroatoms. The van der Waals surface area contributed by atoms with Crippen molar-refractivity contribution in [2.45, 2.75) is 20.6 Å². The average molecular weight is 321 g/mol. The van der Waals surface area contributed by atoms with E-state index in [1.54, 1.807) is 22.2 Å². The van der Waals surface area contributed by atoms with E-state index in [0.717, 1.165) is 26.1 Å². The number of thiophene rings is 1. The van der Waals surface area contributed by atoms with Crippen LogP contribution in [-0.2, 0) is 11.5 Å². The average Bonchev–Trinajstić information content (AvgIpc) is 2.81. The molecule has 0 fully saturated rings. The second-order valence-corrected chi connectivity index (χ2v) is 6.21. The summed E-state index contributed by atoms with van der Waals surface area (Å²) in [6, 6.07) is 2.06. The molecule has 0 bridgehead atoms. The molecule has 3 heterocycles. The number of hydrogen-bond donors (Lipinski definition) is 1. The van der Waals surface area contributed by atoms with Gasteiger partial charge in [0.2, 0.25) is 0 Å². The summed E-state index contributed by atoms with van der Waals surface area (Å²) in [6.45, 7) is 4.63. The molecule has 0 aromatic carbocycles. The number of hydrogen-bond acceptors (Lipinski definition) is 6. The van der Waals surface area contributed by atoms with Gasteiger partial charge in [0.05, 0.1) is 29.8 Å². The van der Waals surface area contributed by atoms with Crippen LogP contribution in [-0.4, -0.2) is 32.9 Å². The number of rotatable bonds is 4. The molecule has 21 heavy (non-hydrogen) atoms. The molecule has 0 unspecified atom stereocenters. The second kappa shape index (κ2) is 5.76. The minimum absolute atomic E-state index is 0.00568. The lowest BCUT2D eigenvalue weighted by atomic mass is 10.1. The van der Waals surface area contributed by atoms with Gasteiger partial charge < -0.3 is 9.84 Å². The van der Waals surface area contributed by atoms with Crippen LogP contribution in [0.1, 0.15) is 11.3 Å². The lowest BCUT2D eigenvalue weighted by Gasteiger charge is -2.06. The molecule has 0 saturated carbocycles. The zero-order valence-corrected chi connectivity index (χ0v) is 13.4. The smallest absolute Gasteiger partial charge is 0.128 e. The zero-order valence-electron chi connectivity index (χ0n) is 11.8. The first kappa shape index (κ1) is 14.5.